The molecule has 2 heterocycles. The standard InChI is InChI=1S/C26H29N3O3S2/c1-3-32-25(31)23-19-13-9-4-5-10-14-21(19)34-24(23)29-22(30)16-33-26-27-17(2)15-20(28-26)18-11-7-6-8-12-18/h6-8,11-12,15H,3-5,9-10,13-14,16H2,1-2H3,(H,29,30). The highest BCUT2D eigenvalue weighted by Gasteiger charge is 2.26. The fourth-order valence-electron chi connectivity index (χ4n) is 4.08. The number of fused-ring (bicyclic) bond motifs is 1. The zero-order valence-corrected chi connectivity index (χ0v) is 21.2. The number of rotatable bonds is 7. The van der Waals surface area contributed by atoms with Gasteiger partial charge in [-0.3, -0.25) is 4.79 Å². The SMILES string of the molecule is CCOC(=O)c1c(NC(=O)CSc2nc(C)cc(-c3ccccc3)n2)sc2c1CCCCCC2. The van der Waals surface area contributed by atoms with Gasteiger partial charge < -0.3 is 10.1 Å². The number of aromatic nitrogens is 2. The van der Waals surface area contributed by atoms with Crippen LogP contribution in [0.1, 0.15) is 59.1 Å². The van der Waals surface area contributed by atoms with Crippen LogP contribution in [0.3, 0.4) is 0 Å². The summed E-state index contributed by atoms with van der Waals surface area (Å²) in [7, 11) is 0. The smallest absolute Gasteiger partial charge is 0.341 e. The first kappa shape index (κ1) is 24.4. The zero-order valence-electron chi connectivity index (χ0n) is 19.6. The van der Waals surface area contributed by atoms with E-state index in [1.165, 1.54) is 34.4 Å². The number of hydrogen-bond acceptors (Lipinski definition) is 7. The molecule has 0 atom stereocenters. The van der Waals surface area contributed by atoms with Crippen molar-refractivity contribution in [3.8, 4) is 11.3 Å². The largest absolute Gasteiger partial charge is 0.462 e. The maximum atomic E-state index is 12.9. The molecule has 3 aromatic rings. The Kier molecular flexibility index (Phi) is 8.34. The number of amides is 1. The second-order valence-corrected chi connectivity index (χ2v) is 10.3. The van der Waals surface area contributed by atoms with Gasteiger partial charge in [0.15, 0.2) is 5.16 Å². The average molecular weight is 496 g/mol. The number of hydrogen-bond donors (Lipinski definition) is 1. The number of ether oxygens (including phenoxy) is 1. The maximum Gasteiger partial charge on any atom is 0.341 e. The van der Waals surface area contributed by atoms with E-state index in [0.717, 1.165) is 54.6 Å². The molecule has 0 unspecified atom stereocenters. The van der Waals surface area contributed by atoms with Gasteiger partial charge in [-0.15, -0.1) is 11.3 Å². The molecule has 1 aliphatic rings. The molecule has 0 spiro atoms. The third-order valence-electron chi connectivity index (χ3n) is 5.64. The van der Waals surface area contributed by atoms with Crippen molar-refractivity contribution in [2.24, 2.45) is 0 Å². The van der Waals surface area contributed by atoms with Gasteiger partial charge in [-0.25, -0.2) is 14.8 Å². The van der Waals surface area contributed by atoms with Gasteiger partial charge >= 0.3 is 5.97 Å². The zero-order chi connectivity index (χ0) is 23.9. The van der Waals surface area contributed by atoms with E-state index in [4.69, 9.17) is 4.74 Å². The highest BCUT2D eigenvalue weighted by Crippen LogP contribution is 2.37. The lowest BCUT2D eigenvalue weighted by Crippen LogP contribution is -2.17. The Morgan fingerprint density at radius 2 is 1.85 bits per heavy atom. The fraction of sp³-hybridized carbons (Fsp3) is 0.385. The Morgan fingerprint density at radius 1 is 1.09 bits per heavy atom. The second-order valence-electron chi connectivity index (χ2n) is 8.22. The molecule has 2 aromatic heterocycles. The van der Waals surface area contributed by atoms with Crippen LogP contribution < -0.4 is 5.32 Å². The monoisotopic (exact) mass is 495 g/mol. The lowest BCUT2D eigenvalue weighted by molar-refractivity contribution is -0.113. The number of thioether (sulfide) groups is 1. The average Bonchev–Trinajstić information content (AvgIpc) is 3.14. The van der Waals surface area contributed by atoms with Crippen molar-refractivity contribution in [3.05, 3.63) is 58.1 Å². The van der Waals surface area contributed by atoms with Gasteiger partial charge in [0, 0.05) is 16.1 Å². The first-order valence-electron chi connectivity index (χ1n) is 11.7. The van der Waals surface area contributed by atoms with Gasteiger partial charge in [-0.1, -0.05) is 54.9 Å². The quantitative estimate of drug-likeness (QED) is 0.243. The van der Waals surface area contributed by atoms with Crippen LogP contribution in [0.25, 0.3) is 11.3 Å². The highest BCUT2D eigenvalue weighted by atomic mass is 32.2. The third kappa shape index (κ3) is 6.04. The number of thiophene rings is 1. The number of anilines is 1. The van der Waals surface area contributed by atoms with E-state index in [1.54, 1.807) is 6.92 Å². The third-order valence-corrected chi connectivity index (χ3v) is 7.69. The molecule has 34 heavy (non-hydrogen) atoms. The minimum absolute atomic E-state index is 0.155. The van der Waals surface area contributed by atoms with Crippen LogP contribution in [-0.4, -0.2) is 34.2 Å². The maximum absolute atomic E-state index is 12.9. The summed E-state index contributed by atoms with van der Waals surface area (Å²) in [5, 5.41) is 4.14. The van der Waals surface area contributed by atoms with Crippen LogP contribution in [0.5, 0.6) is 0 Å². The molecule has 0 bridgehead atoms. The molecule has 0 radical (unpaired) electrons. The Morgan fingerprint density at radius 3 is 2.62 bits per heavy atom. The van der Waals surface area contributed by atoms with Crippen LogP contribution in [0.15, 0.2) is 41.6 Å². The van der Waals surface area contributed by atoms with Crippen molar-refractivity contribution in [3.63, 3.8) is 0 Å². The summed E-state index contributed by atoms with van der Waals surface area (Å²) >= 11 is 2.81. The summed E-state index contributed by atoms with van der Waals surface area (Å²) < 4.78 is 5.34. The van der Waals surface area contributed by atoms with E-state index in [-0.39, 0.29) is 17.6 Å². The Bertz CT molecular complexity index is 1160. The summed E-state index contributed by atoms with van der Waals surface area (Å²) in [4.78, 5) is 36.0. The molecule has 8 heteroatoms. The molecule has 4 rings (SSSR count). The normalized spacial score (nSPS) is 13.5. The first-order chi connectivity index (χ1) is 16.5. The van der Waals surface area contributed by atoms with Gasteiger partial charge in [-0.05, 0) is 51.2 Å². The van der Waals surface area contributed by atoms with Crippen LogP contribution in [0, 0.1) is 6.92 Å². The minimum Gasteiger partial charge on any atom is -0.462 e. The van der Waals surface area contributed by atoms with Crippen molar-refractivity contribution in [2.45, 2.75) is 57.5 Å². The molecule has 1 aliphatic carbocycles. The van der Waals surface area contributed by atoms with Crippen molar-refractivity contribution in [1.29, 1.82) is 0 Å². The van der Waals surface area contributed by atoms with Crippen molar-refractivity contribution >= 4 is 40.0 Å². The van der Waals surface area contributed by atoms with Gasteiger partial charge in [0.2, 0.25) is 5.91 Å². The number of esters is 1. The molecule has 0 fully saturated rings. The molecule has 0 saturated carbocycles. The van der Waals surface area contributed by atoms with Crippen LogP contribution in [0.4, 0.5) is 5.00 Å². The summed E-state index contributed by atoms with van der Waals surface area (Å²) in [5.41, 5.74) is 4.29. The number of carbonyl (C=O) groups is 2. The number of nitrogens with zero attached hydrogens (tertiary/aromatic N) is 2. The lowest BCUT2D eigenvalue weighted by atomic mass is 9.96. The molecule has 1 N–H and O–H groups in total. The number of nitrogens with one attached hydrogen (secondary N) is 1. The Hall–Kier alpha value is -2.71. The Balaban J connectivity index is 1.49. The van der Waals surface area contributed by atoms with E-state index in [2.05, 4.69) is 15.3 Å². The fourth-order valence-corrected chi connectivity index (χ4v) is 6.08. The van der Waals surface area contributed by atoms with Gasteiger partial charge in [-0.2, -0.15) is 0 Å². The molecular formula is C26H29N3O3S2. The molecule has 178 valence electrons. The van der Waals surface area contributed by atoms with E-state index in [0.29, 0.717) is 22.3 Å². The topological polar surface area (TPSA) is 81.2 Å². The second kappa shape index (κ2) is 11.6. The molecular weight excluding hydrogens is 466 g/mol. The summed E-state index contributed by atoms with van der Waals surface area (Å²) in [6.07, 6.45) is 6.31. The first-order valence-corrected chi connectivity index (χ1v) is 13.5. The number of benzene rings is 1. The molecule has 1 amide bonds. The molecule has 0 aliphatic heterocycles. The van der Waals surface area contributed by atoms with Crippen LogP contribution >= 0.6 is 23.1 Å². The van der Waals surface area contributed by atoms with Crippen LogP contribution in [-0.2, 0) is 22.4 Å². The van der Waals surface area contributed by atoms with Gasteiger partial charge in [0.25, 0.3) is 0 Å². The number of carbonyl (C=O) groups excluding carboxylic acids is 2. The molecule has 6 nitrogen and oxygen atoms in total. The van der Waals surface area contributed by atoms with Crippen molar-refractivity contribution in [2.75, 3.05) is 17.7 Å². The van der Waals surface area contributed by atoms with E-state index in [1.807, 2.05) is 43.3 Å². The summed E-state index contributed by atoms with van der Waals surface area (Å²) in [6.45, 7) is 4.03. The summed E-state index contributed by atoms with van der Waals surface area (Å²) in [6, 6.07) is 11.9. The number of aryl methyl sites for hydroxylation is 2. The Labute approximate surface area is 208 Å². The predicted octanol–water partition coefficient (Wildman–Crippen LogP) is 6.08. The summed E-state index contributed by atoms with van der Waals surface area (Å²) in [5.74, 6) is -0.378. The van der Waals surface area contributed by atoms with E-state index < -0.39 is 0 Å². The van der Waals surface area contributed by atoms with Crippen LogP contribution in [0.2, 0.25) is 0 Å². The van der Waals surface area contributed by atoms with E-state index >= 15 is 0 Å². The van der Waals surface area contributed by atoms with Gasteiger partial charge in [0.05, 0.1) is 23.6 Å². The lowest BCUT2D eigenvalue weighted by Gasteiger charge is -2.11. The minimum atomic E-state index is -0.349. The molecule has 1 aromatic carbocycles. The predicted molar refractivity (Wildman–Crippen MR) is 138 cm³/mol. The molecule has 0 saturated heterocycles. The highest BCUT2D eigenvalue weighted by molar-refractivity contribution is 7.99. The van der Waals surface area contributed by atoms with Gasteiger partial charge in [0.1, 0.15) is 5.00 Å². The van der Waals surface area contributed by atoms with Crippen molar-refractivity contribution in [1.82, 2.24) is 9.97 Å². The van der Waals surface area contributed by atoms with Crippen molar-refractivity contribution < 1.29 is 14.3 Å². The van der Waals surface area contributed by atoms with E-state index in [9.17, 15) is 9.59 Å².